The number of rotatable bonds is 3. The average Bonchev–Trinajstić information content (AvgIpc) is 3.11. The van der Waals surface area contributed by atoms with Gasteiger partial charge < -0.3 is 9.30 Å². The number of alkyl halides is 1. The summed E-state index contributed by atoms with van der Waals surface area (Å²) in [7, 11) is 0. The molecule has 2 aliphatic heterocycles. The molecular formula is C16H19ClN2O. The monoisotopic (exact) mass is 290 g/mol. The first-order valence-electron chi connectivity index (χ1n) is 7.45. The standard InChI is InChI=1S/C16H19ClN2O/c1-10-2-4-12-13(8-10)19(16(18-12)6-7-17)14-9-11-3-5-15(14)20-11/h2,4,8,11,14-15H,3,5-7,9H2,1H3. The summed E-state index contributed by atoms with van der Waals surface area (Å²) in [5.74, 6) is 1.73. The van der Waals surface area contributed by atoms with Crippen LogP contribution in [-0.4, -0.2) is 27.6 Å². The highest BCUT2D eigenvalue weighted by atomic mass is 35.5. The summed E-state index contributed by atoms with van der Waals surface area (Å²) < 4.78 is 8.45. The van der Waals surface area contributed by atoms with Gasteiger partial charge in [0, 0.05) is 12.3 Å². The molecule has 0 aliphatic carbocycles. The number of ether oxygens (including phenoxy) is 1. The number of imidazole rings is 1. The van der Waals surface area contributed by atoms with E-state index in [1.807, 2.05) is 0 Å². The Labute approximate surface area is 123 Å². The first-order valence-corrected chi connectivity index (χ1v) is 7.98. The van der Waals surface area contributed by atoms with Gasteiger partial charge in [-0.15, -0.1) is 11.6 Å². The number of nitrogens with zero attached hydrogens (tertiary/aromatic N) is 2. The van der Waals surface area contributed by atoms with Gasteiger partial charge in [0.1, 0.15) is 5.82 Å². The van der Waals surface area contributed by atoms with E-state index >= 15 is 0 Å². The minimum Gasteiger partial charge on any atom is -0.373 e. The van der Waals surface area contributed by atoms with Crippen LogP contribution in [0.1, 0.15) is 36.7 Å². The summed E-state index contributed by atoms with van der Waals surface area (Å²) in [6.45, 7) is 2.13. The highest BCUT2D eigenvalue weighted by Crippen LogP contribution is 2.43. The molecular weight excluding hydrogens is 272 g/mol. The Morgan fingerprint density at radius 1 is 1.40 bits per heavy atom. The maximum absolute atomic E-state index is 6.04. The highest BCUT2D eigenvalue weighted by molar-refractivity contribution is 6.17. The van der Waals surface area contributed by atoms with Crippen molar-refractivity contribution in [3.05, 3.63) is 29.6 Å². The smallest absolute Gasteiger partial charge is 0.111 e. The first-order chi connectivity index (χ1) is 9.76. The summed E-state index contributed by atoms with van der Waals surface area (Å²) in [5.41, 5.74) is 3.60. The van der Waals surface area contributed by atoms with Gasteiger partial charge in [0.15, 0.2) is 0 Å². The second-order valence-corrected chi connectivity index (χ2v) is 6.38. The number of hydrogen-bond acceptors (Lipinski definition) is 2. The average molecular weight is 291 g/mol. The van der Waals surface area contributed by atoms with Gasteiger partial charge in [0.25, 0.3) is 0 Å². The molecule has 106 valence electrons. The van der Waals surface area contributed by atoms with Crippen LogP contribution in [0.3, 0.4) is 0 Å². The van der Waals surface area contributed by atoms with E-state index in [0.717, 1.165) is 24.2 Å². The molecule has 1 aromatic carbocycles. The third-order valence-corrected chi connectivity index (χ3v) is 4.83. The molecule has 1 aromatic heterocycles. The largest absolute Gasteiger partial charge is 0.373 e. The van der Waals surface area contributed by atoms with Gasteiger partial charge >= 0.3 is 0 Å². The van der Waals surface area contributed by atoms with Crippen molar-refractivity contribution in [2.45, 2.75) is 50.9 Å². The lowest BCUT2D eigenvalue weighted by Crippen LogP contribution is -2.22. The quantitative estimate of drug-likeness (QED) is 0.807. The molecule has 3 atom stereocenters. The zero-order valence-electron chi connectivity index (χ0n) is 11.7. The molecule has 4 rings (SSSR count). The predicted molar refractivity (Wildman–Crippen MR) is 80.4 cm³/mol. The van der Waals surface area contributed by atoms with Gasteiger partial charge in [-0.05, 0) is 43.9 Å². The van der Waals surface area contributed by atoms with Crippen molar-refractivity contribution in [2.75, 3.05) is 5.88 Å². The number of aryl methyl sites for hydroxylation is 2. The zero-order chi connectivity index (χ0) is 13.7. The molecule has 2 aromatic rings. The fourth-order valence-corrected chi connectivity index (χ4v) is 3.94. The third kappa shape index (κ3) is 1.87. The molecule has 4 heteroatoms. The Kier molecular flexibility index (Phi) is 3.00. The van der Waals surface area contributed by atoms with Gasteiger partial charge in [-0.1, -0.05) is 6.07 Å². The van der Waals surface area contributed by atoms with Crippen molar-refractivity contribution < 1.29 is 4.74 Å². The van der Waals surface area contributed by atoms with Crippen LogP contribution < -0.4 is 0 Å². The topological polar surface area (TPSA) is 27.1 Å². The Hall–Kier alpha value is -1.06. The van der Waals surface area contributed by atoms with Crippen molar-refractivity contribution >= 4 is 22.6 Å². The normalized spacial score (nSPS) is 28.6. The van der Waals surface area contributed by atoms with Crippen molar-refractivity contribution in [3.63, 3.8) is 0 Å². The SMILES string of the molecule is Cc1ccc2nc(CCCl)n(C3CC4CCC3O4)c2c1. The molecule has 3 unspecified atom stereocenters. The molecule has 0 spiro atoms. The van der Waals surface area contributed by atoms with Gasteiger partial charge in [-0.3, -0.25) is 0 Å². The maximum Gasteiger partial charge on any atom is 0.111 e. The van der Waals surface area contributed by atoms with E-state index in [1.165, 1.54) is 23.9 Å². The van der Waals surface area contributed by atoms with Crippen molar-refractivity contribution in [3.8, 4) is 0 Å². The van der Waals surface area contributed by atoms with Crippen LogP contribution in [0.25, 0.3) is 11.0 Å². The van der Waals surface area contributed by atoms with Gasteiger partial charge in [-0.25, -0.2) is 4.98 Å². The van der Waals surface area contributed by atoms with Gasteiger partial charge in [0.05, 0.1) is 29.3 Å². The Balaban J connectivity index is 1.86. The number of benzene rings is 1. The molecule has 0 radical (unpaired) electrons. The lowest BCUT2D eigenvalue weighted by atomic mass is 9.95. The van der Waals surface area contributed by atoms with Crippen molar-refractivity contribution in [1.82, 2.24) is 9.55 Å². The summed E-state index contributed by atoms with van der Waals surface area (Å²) >= 11 is 5.97. The maximum atomic E-state index is 6.04. The Morgan fingerprint density at radius 3 is 3.00 bits per heavy atom. The van der Waals surface area contributed by atoms with Crippen molar-refractivity contribution in [2.24, 2.45) is 0 Å². The van der Waals surface area contributed by atoms with E-state index in [2.05, 4.69) is 29.7 Å². The second kappa shape index (κ2) is 4.74. The molecule has 0 N–H and O–H groups in total. The van der Waals surface area contributed by atoms with Crippen LogP contribution in [0.15, 0.2) is 18.2 Å². The molecule has 3 heterocycles. The van der Waals surface area contributed by atoms with Crippen LogP contribution >= 0.6 is 11.6 Å². The van der Waals surface area contributed by atoms with Gasteiger partial charge in [-0.2, -0.15) is 0 Å². The van der Waals surface area contributed by atoms with E-state index in [-0.39, 0.29) is 0 Å². The van der Waals surface area contributed by atoms with Crippen molar-refractivity contribution in [1.29, 1.82) is 0 Å². The van der Waals surface area contributed by atoms with E-state index < -0.39 is 0 Å². The van der Waals surface area contributed by atoms with E-state index in [9.17, 15) is 0 Å². The zero-order valence-corrected chi connectivity index (χ0v) is 12.4. The summed E-state index contributed by atoms with van der Waals surface area (Å²) in [6, 6.07) is 6.93. The fraction of sp³-hybridized carbons (Fsp3) is 0.562. The van der Waals surface area contributed by atoms with Gasteiger partial charge in [0.2, 0.25) is 0 Å². The predicted octanol–water partition coefficient (Wildman–Crippen LogP) is 3.62. The van der Waals surface area contributed by atoms with Crippen LogP contribution in [-0.2, 0) is 11.2 Å². The minimum absolute atomic E-state index is 0.368. The summed E-state index contributed by atoms with van der Waals surface area (Å²) in [5, 5.41) is 0. The van der Waals surface area contributed by atoms with Crippen LogP contribution in [0, 0.1) is 6.92 Å². The van der Waals surface area contributed by atoms with Crippen LogP contribution in [0.2, 0.25) is 0 Å². The first kappa shape index (κ1) is 12.7. The molecule has 0 amide bonds. The molecule has 2 saturated heterocycles. The molecule has 0 saturated carbocycles. The molecule has 2 bridgehead atoms. The minimum atomic E-state index is 0.368. The summed E-state index contributed by atoms with van der Waals surface area (Å²) in [4.78, 5) is 4.79. The van der Waals surface area contributed by atoms with Crippen LogP contribution in [0.5, 0.6) is 0 Å². The molecule has 2 fully saturated rings. The van der Waals surface area contributed by atoms with Crippen LogP contribution in [0.4, 0.5) is 0 Å². The highest BCUT2D eigenvalue weighted by Gasteiger charge is 2.42. The fourth-order valence-electron chi connectivity index (χ4n) is 3.77. The van der Waals surface area contributed by atoms with E-state index in [4.69, 9.17) is 21.3 Å². The molecule has 20 heavy (non-hydrogen) atoms. The van der Waals surface area contributed by atoms with E-state index in [1.54, 1.807) is 0 Å². The summed E-state index contributed by atoms with van der Waals surface area (Å²) in [6.07, 6.45) is 5.17. The molecule has 2 aliphatic rings. The third-order valence-electron chi connectivity index (χ3n) is 4.64. The van der Waals surface area contributed by atoms with E-state index in [0.29, 0.717) is 24.1 Å². The number of fused-ring (bicyclic) bond motifs is 3. The lowest BCUT2D eigenvalue weighted by Gasteiger charge is -2.23. The Morgan fingerprint density at radius 2 is 2.30 bits per heavy atom. The number of hydrogen-bond donors (Lipinski definition) is 0. The number of aromatic nitrogens is 2. The molecule has 3 nitrogen and oxygen atoms in total. The number of halogens is 1. The second-order valence-electron chi connectivity index (χ2n) is 6.01. The Bertz CT molecular complexity index is 651. The lowest BCUT2D eigenvalue weighted by molar-refractivity contribution is 0.0940.